The van der Waals surface area contributed by atoms with Gasteiger partial charge in [0.1, 0.15) is 0 Å². The van der Waals surface area contributed by atoms with Crippen LogP contribution in [-0.4, -0.2) is 13.2 Å². The van der Waals surface area contributed by atoms with Crippen LogP contribution in [0, 0.1) is 11.6 Å². The highest BCUT2D eigenvalue weighted by Crippen LogP contribution is 2.37. The van der Waals surface area contributed by atoms with Crippen LogP contribution in [0.4, 0.5) is 8.78 Å². The van der Waals surface area contributed by atoms with E-state index >= 15 is 0 Å². The molecule has 1 atom stereocenters. The van der Waals surface area contributed by atoms with Crippen molar-refractivity contribution in [1.82, 2.24) is 0 Å². The quantitative estimate of drug-likeness (QED) is 0.652. The van der Waals surface area contributed by atoms with Crippen molar-refractivity contribution in [3.8, 4) is 0 Å². The summed E-state index contributed by atoms with van der Waals surface area (Å²) in [6.45, 7) is 3.17. The molecule has 2 aromatic carbocycles. The van der Waals surface area contributed by atoms with Crippen molar-refractivity contribution in [3.63, 3.8) is 0 Å². The SMILES string of the molecule is CCCc1ccc2c(oc3c(F)c(C4CCOC4)ccc32)c1F. The van der Waals surface area contributed by atoms with Crippen molar-refractivity contribution in [3.05, 3.63) is 47.0 Å². The van der Waals surface area contributed by atoms with Gasteiger partial charge in [-0.2, -0.15) is 0 Å². The van der Waals surface area contributed by atoms with E-state index in [1.807, 2.05) is 19.1 Å². The molecule has 2 nitrogen and oxygen atoms in total. The number of benzene rings is 2. The zero-order valence-electron chi connectivity index (χ0n) is 13.0. The summed E-state index contributed by atoms with van der Waals surface area (Å²) in [5.41, 5.74) is 1.52. The van der Waals surface area contributed by atoms with E-state index < -0.39 is 0 Å². The predicted molar refractivity (Wildman–Crippen MR) is 85.8 cm³/mol. The van der Waals surface area contributed by atoms with E-state index in [2.05, 4.69) is 0 Å². The Balaban J connectivity index is 1.93. The summed E-state index contributed by atoms with van der Waals surface area (Å²) >= 11 is 0. The molecule has 0 bridgehead atoms. The largest absolute Gasteiger partial charge is 0.450 e. The lowest BCUT2D eigenvalue weighted by molar-refractivity contribution is 0.193. The first-order chi connectivity index (χ1) is 11.2. The summed E-state index contributed by atoms with van der Waals surface area (Å²) in [6, 6.07) is 7.21. The molecule has 0 spiro atoms. The van der Waals surface area contributed by atoms with Crippen molar-refractivity contribution < 1.29 is 17.9 Å². The van der Waals surface area contributed by atoms with Gasteiger partial charge in [0.2, 0.25) is 0 Å². The predicted octanol–water partition coefficient (Wildman–Crippen LogP) is 5.32. The van der Waals surface area contributed by atoms with Gasteiger partial charge in [0, 0.05) is 23.3 Å². The number of ether oxygens (including phenoxy) is 1. The van der Waals surface area contributed by atoms with Crippen LogP contribution >= 0.6 is 0 Å². The van der Waals surface area contributed by atoms with Crippen LogP contribution in [0.2, 0.25) is 0 Å². The van der Waals surface area contributed by atoms with Gasteiger partial charge < -0.3 is 9.15 Å². The van der Waals surface area contributed by atoms with E-state index in [1.54, 1.807) is 12.1 Å². The Labute approximate surface area is 133 Å². The second-order valence-corrected chi connectivity index (χ2v) is 6.17. The molecule has 1 saturated heterocycles. The molecule has 0 aliphatic carbocycles. The van der Waals surface area contributed by atoms with Crippen molar-refractivity contribution in [2.75, 3.05) is 13.2 Å². The Morgan fingerprint density at radius 1 is 1.04 bits per heavy atom. The maximum atomic E-state index is 14.9. The lowest BCUT2D eigenvalue weighted by atomic mass is 9.96. The molecule has 4 rings (SSSR count). The van der Waals surface area contributed by atoms with Gasteiger partial charge in [0.05, 0.1) is 6.61 Å². The van der Waals surface area contributed by atoms with Crippen LogP contribution in [-0.2, 0) is 11.2 Å². The number of hydrogen-bond acceptors (Lipinski definition) is 2. The third-order valence-electron chi connectivity index (χ3n) is 4.69. The fourth-order valence-corrected chi connectivity index (χ4v) is 3.45. The molecule has 23 heavy (non-hydrogen) atoms. The Kier molecular flexibility index (Phi) is 3.57. The molecular weight excluding hydrogens is 298 g/mol. The van der Waals surface area contributed by atoms with E-state index in [9.17, 15) is 8.78 Å². The van der Waals surface area contributed by atoms with Gasteiger partial charge in [0.15, 0.2) is 22.8 Å². The van der Waals surface area contributed by atoms with E-state index in [4.69, 9.17) is 9.15 Å². The molecule has 1 fully saturated rings. The average molecular weight is 316 g/mol. The zero-order valence-corrected chi connectivity index (χ0v) is 13.0. The number of fused-ring (bicyclic) bond motifs is 3. The van der Waals surface area contributed by atoms with Gasteiger partial charge in [-0.25, -0.2) is 8.78 Å². The normalized spacial score (nSPS) is 18.3. The maximum absolute atomic E-state index is 14.9. The van der Waals surface area contributed by atoms with Crippen LogP contribution in [0.5, 0.6) is 0 Å². The Morgan fingerprint density at radius 2 is 1.78 bits per heavy atom. The molecule has 0 N–H and O–H groups in total. The number of hydrogen-bond donors (Lipinski definition) is 0. The highest BCUT2D eigenvalue weighted by molar-refractivity contribution is 6.05. The molecule has 0 radical (unpaired) electrons. The van der Waals surface area contributed by atoms with Crippen LogP contribution in [0.1, 0.15) is 36.8 Å². The average Bonchev–Trinajstić information content (AvgIpc) is 3.19. The highest BCUT2D eigenvalue weighted by atomic mass is 19.1. The van der Waals surface area contributed by atoms with E-state index in [1.165, 1.54) is 0 Å². The summed E-state index contributed by atoms with van der Waals surface area (Å²) in [4.78, 5) is 0. The van der Waals surface area contributed by atoms with E-state index in [-0.39, 0.29) is 28.7 Å². The monoisotopic (exact) mass is 316 g/mol. The van der Waals surface area contributed by atoms with Crippen LogP contribution in [0.25, 0.3) is 21.9 Å². The number of halogens is 2. The number of furan rings is 1. The van der Waals surface area contributed by atoms with Crippen LogP contribution < -0.4 is 0 Å². The smallest absolute Gasteiger partial charge is 0.171 e. The van der Waals surface area contributed by atoms with E-state index in [0.29, 0.717) is 41.5 Å². The van der Waals surface area contributed by atoms with Gasteiger partial charge >= 0.3 is 0 Å². The third kappa shape index (κ3) is 2.24. The number of rotatable bonds is 3. The standard InChI is InChI=1S/C19H18F2O2/c1-2-3-11-4-5-14-15-7-6-13(12-8-9-22-10-12)17(21)19(15)23-18(14)16(11)20/h4-7,12H,2-3,8-10H2,1H3. The topological polar surface area (TPSA) is 22.4 Å². The second-order valence-electron chi connectivity index (χ2n) is 6.17. The van der Waals surface area contributed by atoms with Crippen LogP contribution in [0.15, 0.2) is 28.7 Å². The maximum Gasteiger partial charge on any atom is 0.171 e. The number of aryl methyl sites for hydroxylation is 1. The first-order valence-electron chi connectivity index (χ1n) is 8.10. The lowest BCUT2D eigenvalue weighted by Gasteiger charge is -2.08. The van der Waals surface area contributed by atoms with E-state index in [0.717, 1.165) is 12.8 Å². The summed E-state index contributed by atoms with van der Waals surface area (Å²) < 4.78 is 40.4. The molecule has 0 amide bonds. The first kappa shape index (κ1) is 14.6. The van der Waals surface area contributed by atoms with Gasteiger partial charge in [0.25, 0.3) is 0 Å². The molecular formula is C19H18F2O2. The van der Waals surface area contributed by atoms with Crippen molar-refractivity contribution >= 4 is 21.9 Å². The first-order valence-corrected chi connectivity index (χ1v) is 8.10. The molecule has 1 aliphatic heterocycles. The Bertz CT molecular complexity index is 876. The molecule has 1 aromatic heterocycles. The lowest BCUT2D eigenvalue weighted by Crippen LogP contribution is -2.00. The third-order valence-corrected chi connectivity index (χ3v) is 4.69. The minimum atomic E-state index is -0.384. The molecule has 1 unspecified atom stereocenters. The van der Waals surface area contributed by atoms with Crippen LogP contribution in [0.3, 0.4) is 0 Å². The van der Waals surface area contributed by atoms with Crippen molar-refractivity contribution in [2.24, 2.45) is 0 Å². The molecule has 3 aromatic rings. The summed E-state index contributed by atoms with van der Waals surface area (Å²) in [7, 11) is 0. The minimum Gasteiger partial charge on any atom is -0.450 e. The minimum absolute atomic E-state index is 0.0492. The molecule has 1 aliphatic rings. The fourth-order valence-electron chi connectivity index (χ4n) is 3.45. The van der Waals surface area contributed by atoms with Crippen molar-refractivity contribution in [2.45, 2.75) is 32.1 Å². The van der Waals surface area contributed by atoms with Gasteiger partial charge in [-0.1, -0.05) is 25.5 Å². The fraction of sp³-hybridized carbons (Fsp3) is 0.368. The highest BCUT2D eigenvalue weighted by Gasteiger charge is 2.25. The van der Waals surface area contributed by atoms with Gasteiger partial charge in [-0.15, -0.1) is 0 Å². The van der Waals surface area contributed by atoms with Gasteiger partial charge in [-0.3, -0.25) is 0 Å². The second kappa shape index (κ2) is 5.60. The summed E-state index contributed by atoms with van der Waals surface area (Å²) in [5.74, 6) is -0.704. The molecule has 0 saturated carbocycles. The summed E-state index contributed by atoms with van der Waals surface area (Å²) in [5, 5.41) is 1.26. The zero-order chi connectivity index (χ0) is 16.0. The van der Waals surface area contributed by atoms with Gasteiger partial charge in [-0.05, 0) is 36.1 Å². The molecule has 120 valence electrons. The Morgan fingerprint density at radius 3 is 2.48 bits per heavy atom. The Hall–Kier alpha value is -1.94. The molecule has 4 heteroatoms. The summed E-state index contributed by atoms with van der Waals surface area (Å²) in [6.07, 6.45) is 2.30. The molecule has 2 heterocycles. The van der Waals surface area contributed by atoms with Crippen molar-refractivity contribution in [1.29, 1.82) is 0 Å².